The Balaban J connectivity index is 2.44. The molecule has 0 aliphatic heterocycles. The third-order valence-electron chi connectivity index (χ3n) is 2.81. The number of hydrogen-bond acceptors (Lipinski definition) is 3. The topological polar surface area (TPSA) is 37.8 Å². The summed E-state index contributed by atoms with van der Waals surface area (Å²) in [4.78, 5) is 8.35. The number of nitrogens with zero attached hydrogens (tertiary/aromatic N) is 2. The Morgan fingerprint density at radius 3 is 2.79 bits per heavy atom. The fourth-order valence-electron chi connectivity index (χ4n) is 1.82. The normalized spacial score (nSPS) is 10.5. The molecule has 0 radical (unpaired) electrons. The Bertz CT molecular complexity index is 587. The minimum Gasteiger partial charge on any atom is -0.370 e. The van der Waals surface area contributed by atoms with Crippen LogP contribution in [0.5, 0.6) is 0 Å². The van der Waals surface area contributed by atoms with Gasteiger partial charge in [-0.05, 0) is 31.5 Å². The summed E-state index contributed by atoms with van der Waals surface area (Å²) in [5.41, 5.74) is 1.85. The monoisotopic (exact) mass is 279 g/mol. The predicted molar refractivity (Wildman–Crippen MR) is 76.0 cm³/mol. The van der Waals surface area contributed by atoms with Gasteiger partial charge in [-0.1, -0.05) is 18.5 Å². The lowest BCUT2D eigenvalue weighted by atomic mass is 10.1. The zero-order chi connectivity index (χ0) is 13.8. The van der Waals surface area contributed by atoms with Gasteiger partial charge in [0, 0.05) is 22.7 Å². The van der Waals surface area contributed by atoms with E-state index in [9.17, 15) is 4.39 Å². The molecule has 3 nitrogen and oxygen atoms in total. The van der Waals surface area contributed by atoms with Crippen molar-refractivity contribution in [1.29, 1.82) is 0 Å². The molecule has 1 heterocycles. The molecule has 0 bridgehead atoms. The lowest BCUT2D eigenvalue weighted by molar-refractivity contribution is 0.630. The second-order valence-corrected chi connectivity index (χ2v) is 4.68. The Labute approximate surface area is 116 Å². The van der Waals surface area contributed by atoms with Crippen LogP contribution in [-0.4, -0.2) is 16.5 Å². The Kier molecular flexibility index (Phi) is 4.32. The van der Waals surface area contributed by atoms with Gasteiger partial charge in [0.2, 0.25) is 0 Å². The number of anilines is 1. The Morgan fingerprint density at radius 1 is 1.32 bits per heavy atom. The van der Waals surface area contributed by atoms with Crippen LogP contribution >= 0.6 is 11.6 Å². The summed E-state index contributed by atoms with van der Waals surface area (Å²) in [5.74, 6) is 0.358. The van der Waals surface area contributed by atoms with Crippen molar-refractivity contribution in [1.82, 2.24) is 9.97 Å². The zero-order valence-corrected chi connectivity index (χ0v) is 11.6. The summed E-state index contributed by atoms with van der Waals surface area (Å²) in [6, 6.07) is 4.58. The summed E-state index contributed by atoms with van der Waals surface area (Å²) in [6.07, 6.45) is 2.43. The van der Waals surface area contributed by atoms with Crippen molar-refractivity contribution in [3.63, 3.8) is 0 Å². The zero-order valence-electron chi connectivity index (χ0n) is 10.9. The molecule has 0 atom stereocenters. The average Bonchev–Trinajstić information content (AvgIpc) is 2.38. The molecule has 5 heteroatoms. The van der Waals surface area contributed by atoms with Gasteiger partial charge in [0.25, 0.3) is 0 Å². The van der Waals surface area contributed by atoms with E-state index < -0.39 is 0 Å². The van der Waals surface area contributed by atoms with Crippen LogP contribution in [0, 0.1) is 12.7 Å². The fourth-order valence-corrected chi connectivity index (χ4v) is 1.98. The number of nitrogens with one attached hydrogen (secondary N) is 1. The second-order valence-electron chi connectivity index (χ2n) is 4.25. The Morgan fingerprint density at radius 2 is 2.11 bits per heavy atom. The largest absolute Gasteiger partial charge is 0.370 e. The first-order valence-corrected chi connectivity index (χ1v) is 6.52. The van der Waals surface area contributed by atoms with Crippen LogP contribution in [0.15, 0.2) is 24.5 Å². The van der Waals surface area contributed by atoms with Gasteiger partial charge in [-0.2, -0.15) is 0 Å². The van der Waals surface area contributed by atoms with Gasteiger partial charge in [-0.25, -0.2) is 14.4 Å². The van der Waals surface area contributed by atoms with Crippen LogP contribution in [0.1, 0.15) is 18.9 Å². The second kappa shape index (κ2) is 5.97. The third-order valence-corrected chi connectivity index (χ3v) is 3.05. The van der Waals surface area contributed by atoms with Crippen molar-refractivity contribution in [3.8, 4) is 11.3 Å². The minimum atomic E-state index is -0.379. The first-order valence-electron chi connectivity index (χ1n) is 6.14. The van der Waals surface area contributed by atoms with Crippen LogP contribution in [-0.2, 0) is 0 Å². The first kappa shape index (κ1) is 13.7. The van der Waals surface area contributed by atoms with E-state index in [1.54, 1.807) is 12.1 Å². The molecule has 1 N–H and O–H groups in total. The van der Waals surface area contributed by atoms with Crippen molar-refractivity contribution in [2.45, 2.75) is 20.3 Å². The quantitative estimate of drug-likeness (QED) is 0.917. The molecule has 0 spiro atoms. The molecule has 1 aromatic carbocycles. The molecule has 2 aromatic rings. The van der Waals surface area contributed by atoms with E-state index in [0.717, 1.165) is 24.3 Å². The molecular formula is C14H15ClFN3. The number of rotatable bonds is 4. The van der Waals surface area contributed by atoms with Crippen molar-refractivity contribution >= 4 is 17.4 Å². The van der Waals surface area contributed by atoms with Crippen LogP contribution in [0.4, 0.5) is 10.2 Å². The SMILES string of the molecule is CCCNc1ncnc(-c2ccc(Cl)cc2F)c1C. The highest BCUT2D eigenvalue weighted by Crippen LogP contribution is 2.28. The fraction of sp³-hybridized carbons (Fsp3) is 0.286. The molecule has 100 valence electrons. The molecule has 19 heavy (non-hydrogen) atoms. The van der Waals surface area contributed by atoms with E-state index in [4.69, 9.17) is 11.6 Å². The van der Waals surface area contributed by atoms with Gasteiger partial charge in [-0.3, -0.25) is 0 Å². The van der Waals surface area contributed by atoms with Crippen molar-refractivity contribution in [2.75, 3.05) is 11.9 Å². The van der Waals surface area contributed by atoms with Crippen molar-refractivity contribution in [3.05, 3.63) is 40.9 Å². The minimum absolute atomic E-state index is 0.372. The summed E-state index contributed by atoms with van der Waals surface area (Å²) < 4.78 is 13.9. The molecule has 0 unspecified atom stereocenters. The van der Waals surface area contributed by atoms with E-state index >= 15 is 0 Å². The lowest BCUT2D eigenvalue weighted by Crippen LogP contribution is -2.06. The standard InChI is InChI=1S/C14H15ClFN3/c1-3-6-17-14-9(2)13(18-8-19-14)11-5-4-10(15)7-12(11)16/h4-5,7-8H,3,6H2,1-2H3,(H,17,18,19). The van der Waals surface area contributed by atoms with E-state index in [-0.39, 0.29) is 5.82 Å². The van der Waals surface area contributed by atoms with E-state index in [1.165, 1.54) is 12.4 Å². The number of hydrogen-bond donors (Lipinski definition) is 1. The van der Waals surface area contributed by atoms with Gasteiger partial charge in [0.05, 0.1) is 5.69 Å². The molecule has 0 aliphatic carbocycles. The van der Waals surface area contributed by atoms with Crippen LogP contribution in [0.25, 0.3) is 11.3 Å². The molecule has 0 saturated heterocycles. The summed E-state index contributed by atoms with van der Waals surface area (Å²) in [7, 11) is 0. The molecular weight excluding hydrogens is 265 g/mol. The summed E-state index contributed by atoms with van der Waals surface area (Å²) in [5, 5.41) is 3.58. The van der Waals surface area contributed by atoms with Gasteiger partial charge in [0.1, 0.15) is 18.0 Å². The van der Waals surface area contributed by atoms with Crippen molar-refractivity contribution < 1.29 is 4.39 Å². The molecule has 1 aromatic heterocycles. The highest BCUT2D eigenvalue weighted by molar-refractivity contribution is 6.30. The van der Waals surface area contributed by atoms with E-state index in [0.29, 0.717) is 16.3 Å². The molecule has 0 aliphatic rings. The van der Waals surface area contributed by atoms with Gasteiger partial charge in [-0.15, -0.1) is 0 Å². The van der Waals surface area contributed by atoms with Crippen LogP contribution in [0.2, 0.25) is 5.02 Å². The highest BCUT2D eigenvalue weighted by Gasteiger charge is 2.12. The lowest BCUT2D eigenvalue weighted by Gasteiger charge is -2.11. The summed E-state index contributed by atoms with van der Waals surface area (Å²) >= 11 is 5.76. The smallest absolute Gasteiger partial charge is 0.134 e. The average molecular weight is 280 g/mol. The number of halogens is 2. The van der Waals surface area contributed by atoms with Gasteiger partial charge < -0.3 is 5.32 Å². The molecule has 2 rings (SSSR count). The van der Waals surface area contributed by atoms with Crippen LogP contribution in [0.3, 0.4) is 0 Å². The van der Waals surface area contributed by atoms with E-state index in [1.807, 2.05) is 6.92 Å². The van der Waals surface area contributed by atoms with Gasteiger partial charge >= 0.3 is 0 Å². The Hall–Kier alpha value is -1.68. The van der Waals surface area contributed by atoms with Crippen LogP contribution < -0.4 is 5.32 Å². The maximum absolute atomic E-state index is 13.9. The summed E-state index contributed by atoms with van der Waals surface area (Å²) in [6.45, 7) is 4.77. The third kappa shape index (κ3) is 3.01. The van der Waals surface area contributed by atoms with Crippen molar-refractivity contribution in [2.24, 2.45) is 0 Å². The number of aromatic nitrogens is 2. The predicted octanol–water partition coefficient (Wildman–Crippen LogP) is 4.07. The maximum Gasteiger partial charge on any atom is 0.134 e. The molecule has 0 saturated carbocycles. The molecule has 0 amide bonds. The van der Waals surface area contributed by atoms with E-state index in [2.05, 4.69) is 22.2 Å². The molecule has 0 fully saturated rings. The van der Waals surface area contributed by atoms with Gasteiger partial charge in [0.15, 0.2) is 0 Å². The first-order chi connectivity index (χ1) is 9.13. The highest BCUT2D eigenvalue weighted by atomic mass is 35.5. The number of benzene rings is 1. The maximum atomic E-state index is 13.9.